The molecular weight excluding hydrogens is 334 g/mol. The van der Waals surface area contributed by atoms with Crippen molar-refractivity contribution in [3.05, 3.63) is 35.9 Å². The Balaban J connectivity index is 1.93. The van der Waals surface area contributed by atoms with Crippen molar-refractivity contribution in [1.82, 2.24) is 15.1 Å². The van der Waals surface area contributed by atoms with Crippen LogP contribution in [0.4, 0.5) is 4.79 Å². The number of nitrogens with one attached hydrogen (secondary N) is 1. The lowest BCUT2D eigenvalue weighted by atomic mass is 10.1. The molecule has 140 valence electrons. The van der Waals surface area contributed by atoms with Gasteiger partial charge in [-0.3, -0.25) is 19.3 Å². The fraction of sp³-hybridized carbons (Fsp3) is 0.474. The molecule has 7 heteroatoms. The van der Waals surface area contributed by atoms with Crippen LogP contribution >= 0.6 is 0 Å². The second kappa shape index (κ2) is 9.12. The van der Waals surface area contributed by atoms with Gasteiger partial charge in [0.15, 0.2) is 0 Å². The van der Waals surface area contributed by atoms with Gasteiger partial charge in [-0.2, -0.15) is 0 Å². The highest BCUT2D eigenvalue weighted by Gasteiger charge is 2.45. The first-order valence-corrected chi connectivity index (χ1v) is 8.94. The van der Waals surface area contributed by atoms with Crippen LogP contribution in [0.1, 0.15) is 45.1 Å². The van der Waals surface area contributed by atoms with Crippen molar-refractivity contribution in [2.45, 2.75) is 52.1 Å². The zero-order chi connectivity index (χ0) is 19.1. The van der Waals surface area contributed by atoms with Crippen LogP contribution in [-0.4, -0.2) is 46.1 Å². The number of nitrogens with zero attached hydrogens (tertiary/aromatic N) is 2. The summed E-state index contributed by atoms with van der Waals surface area (Å²) < 4.78 is 0. The van der Waals surface area contributed by atoms with Crippen LogP contribution in [0.15, 0.2) is 30.3 Å². The first-order valence-electron chi connectivity index (χ1n) is 8.94. The van der Waals surface area contributed by atoms with E-state index in [0.717, 1.165) is 36.1 Å². The van der Waals surface area contributed by atoms with E-state index in [1.165, 1.54) is 0 Å². The number of benzene rings is 1. The Labute approximate surface area is 153 Å². The maximum Gasteiger partial charge on any atom is 0.335 e. The molecule has 2 rings (SSSR count). The standard InChI is InChI=1S/C19H25N3O4/c1-3-4-6-9-14(2)20-16(23)13-22-18(25)17(24)21(19(22)26)12-15-10-7-5-8-11-15/h5,7-8,10-11,14H,3-4,6,9,12-13H2,1-2H3,(H,20,23)/t14-/m0/s1. The number of urea groups is 1. The molecule has 1 atom stereocenters. The maximum atomic E-state index is 12.4. The molecule has 5 amide bonds. The summed E-state index contributed by atoms with van der Waals surface area (Å²) in [7, 11) is 0. The molecular formula is C19H25N3O4. The Bertz CT molecular complexity index is 675. The van der Waals surface area contributed by atoms with E-state index in [1.807, 2.05) is 13.0 Å². The zero-order valence-corrected chi connectivity index (χ0v) is 15.2. The molecule has 1 N–H and O–H groups in total. The quantitative estimate of drug-likeness (QED) is 0.415. The van der Waals surface area contributed by atoms with Crippen molar-refractivity contribution in [2.75, 3.05) is 6.54 Å². The summed E-state index contributed by atoms with van der Waals surface area (Å²) in [5, 5.41) is 2.77. The number of hydrogen-bond donors (Lipinski definition) is 1. The molecule has 1 fully saturated rings. The molecule has 0 saturated carbocycles. The highest BCUT2D eigenvalue weighted by molar-refractivity contribution is 6.44. The van der Waals surface area contributed by atoms with E-state index in [-0.39, 0.29) is 12.6 Å². The maximum absolute atomic E-state index is 12.4. The molecule has 1 saturated heterocycles. The van der Waals surface area contributed by atoms with Crippen molar-refractivity contribution in [3.63, 3.8) is 0 Å². The third-order valence-corrected chi connectivity index (χ3v) is 4.27. The van der Waals surface area contributed by atoms with Gasteiger partial charge in [0, 0.05) is 6.04 Å². The lowest BCUT2D eigenvalue weighted by Gasteiger charge is -2.17. The van der Waals surface area contributed by atoms with Gasteiger partial charge in [0.1, 0.15) is 6.54 Å². The Hall–Kier alpha value is -2.70. The Morgan fingerprint density at radius 3 is 2.35 bits per heavy atom. The largest absolute Gasteiger partial charge is 0.352 e. The van der Waals surface area contributed by atoms with Crippen LogP contribution in [-0.2, 0) is 20.9 Å². The average molecular weight is 359 g/mol. The minimum absolute atomic E-state index is 0.00971. The minimum atomic E-state index is -0.959. The molecule has 7 nitrogen and oxygen atoms in total. The highest BCUT2D eigenvalue weighted by Crippen LogP contribution is 2.15. The van der Waals surface area contributed by atoms with E-state index in [2.05, 4.69) is 12.2 Å². The van der Waals surface area contributed by atoms with Gasteiger partial charge in [-0.1, -0.05) is 56.5 Å². The summed E-state index contributed by atoms with van der Waals surface area (Å²) in [5.41, 5.74) is 0.734. The smallest absolute Gasteiger partial charge is 0.335 e. The molecule has 1 heterocycles. The Kier molecular flexibility index (Phi) is 6.89. The molecule has 1 aromatic carbocycles. The highest BCUT2D eigenvalue weighted by atomic mass is 16.2. The molecule has 26 heavy (non-hydrogen) atoms. The van der Waals surface area contributed by atoms with Gasteiger partial charge in [-0.25, -0.2) is 9.69 Å². The van der Waals surface area contributed by atoms with Gasteiger partial charge < -0.3 is 5.32 Å². The normalized spacial score (nSPS) is 15.5. The van der Waals surface area contributed by atoms with E-state index in [1.54, 1.807) is 24.3 Å². The Morgan fingerprint density at radius 2 is 1.69 bits per heavy atom. The summed E-state index contributed by atoms with van der Waals surface area (Å²) in [6, 6.07) is 8.12. The molecule has 1 aliphatic rings. The number of rotatable bonds is 9. The van der Waals surface area contributed by atoms with Gasteiger partial charge in [0.25, 0.3) is 0 Å². The topological polar surface area (TPSA) is 86.8 Å². The van der Waals surface area contributed by atoms with Crippen LogP contribution in [0.3, 0.4) is 0 Å². The van der Waals surface area contributed by atoms with Gasteiger partial charge in [0.2, 0.25) is 5.91 Å². The van der Waals surface area contributed by atoms with E-state index >= 15 is 0 Å². The number of unbranched alkanes of at least 4 members (excludes halogenated alkanes) is 2. The molecule has 0 spiro atoms. The number of carbonyl (C=O) groups is 4. The summed E-state index contributed by atoms with van der Waals surface area (Å²) in [6.45, 7) is 3.56. The van der Waals surface area contributed by atoms with Crippen LogP contribution < -0.4 is 5.32 Å². The summed E-state index contributed by atoms with van der Waals surface area (Å²) in [5.74, 6) is -2.30. The fourth-order valence-electron chi connectivity index (χ4n) is 2.83. The third kappa shape index (κ3) is 4.91. The van der Waals surface area contributed by atoms with Gasteiger partial charge >= 0.3 is 17.8 Å². The van der Waals surface area contributed by atoms with Crippen molar-refractivity contribution in [1.29, 1.82) is 0 Å². The second-order valence-electron chi connectivity index (χ2n) is 6.52. The van der Waals surface area contributed by atoms with Gasteiger partial charge in [-0.05, 0) is 18.9 Å². The monoisotopic (exact) mass is 359 g/mol. The van der Waals surface area contributed by atoms with Crippen molar-refractivity contribution >= 4 is 23.8 Å². The van der Waals surface area contributed by atoms with Crippen LogP contribution in [0.5, 0.6) is 0 Å². The lowest BCUT2D eigenvalue weighted by Crippen LogP contribution is -2.44. The molecule has 0 aromatic heterocycles. The molecule has 1 aliphatic heterocycles. The first kappa shape index (κ1) is 19.6. The first-order chi connectivity index (χ1) is 12.4. The molecule has 0 radical (unpaired) electrons. The number of carbonyl (C=O) groups excluding carboxylic acids is 4. The van der Waals surface area contributed by atoms with Crippen molar-refractivity contribution in [3.8, 4) is 0 Å². The van der Waals surface area contributed by atoms with Crippen molar-refractivity contribution in [2.24, 2.45) is 0 Å². The van der Waals surface area contributed by atoms with E-state index in [9.17, 15) is 19.2 Å². The number of amides is 5. The van der Waals surface area contributed by atoms with Gasteiger partial charge in [0.05, 0.1) is 6.54 Å². The summed E-state index contributed by atoms with van der Waals surface area (Å²) in [6.07, 6.45) is 4.02. The Morgan fingerprint density at radius 1 is 1.04 bits per heavy atom. The average Bonchev–Trinajstić information content (AvgIpc) is 2.81. The summed E-state index contributed by atoms with van der Waals surface area (Å²) >= 11 is 0. The molecule has 0 bridgehead atoms. The molecule has 0 unspecified atom stereocenters. The van der Waals surface area contributed by atoms with Crippen LogP contribution in [0.2, 0.25) is 0 Å². The van der Waals surface area contributed by atoms with Gasteiger partial charge in [-0.15, -0.1) is 0 Å². The predicted octanol–water partition coefficient (Wildman–Crippen LogP) is 2.06. The third-order valence-electron chi connectivity index (χ3n) is 4.27. The number of hydrogen-bond acceptors (Lipinski definition) is 4. The number of imide groups is 2. The minimum Gasteiger partial charge on any atom is -0.352 e. The zero-order valence-electron chi connectivity index (χ0n) is 15.2. The fourth-order valence-corrected chi connectivity index (χ4v) is 2.83. The lowest BCUT2D eigenvalue weighted by molar-refractivity contribution is -0.144. The molecule has 1 aromatic rings. The van der Waals surface area contributed by atoms with E-state index in [0.29, 0.717) is 4.90 Å². The predicted molar refractivity (Wildman–Crippen MR) is 95.8 cm³/mol. The van der Waals surface area contributed by atoms with Crippen LogP contribution in [0.25, 0.3) is 0 Å². The van der Waals surface area contributed by atoms with E-state index in [4.69, 9.17) is 0 Å². The SMILES string of the molecule is CCCCC[C@H](C)NC(=O)CN1C(=O)C(=O)N(Cc2ccccc2)C1=O. The summed E-state index contributed by atoms with van der Waals surface area (Å²) in [4.78, 5) is 50.3. The molecule has 0 aliphatic carbocycles. The second-order valence-corrected chi connectivity index (χ2v) is 6.52. The van der Waals surface area contributed by atoms with E-state index < -0.39 is 30.3 Å². The van der Waals surface area contributed by atoms with Crippen molar-refractivity contribution < 1.29 is 19.2 Å². The van der Waals surface area contributed by atoms with Crippen LogP contribution in [0, 0.1) is 0 Å².